The third kappa shape index (κ3) is 2.94. The molecule has 0 N–H and O–H groups in total. The summed E-state index contributed by atoms with van der Waals surface area (Å²) in [7, 11) is 0. The molecule has 0 saturated carbocycles. The van der Waals surface area contributed by atoms with Crippen molar-refractivity contribution in [2.45, 2.75) is 18.8 Å². The topological polar surface area (TPSA) is 61.6 Å². The SMILES string of the molecule is CC1([N+](=O)[O-])COC(/C=C/c2ccccc2)OC1. The fourth-order valence-electron chi connectivity index (χ4n) is 1.58. The molecule has 1 aromatic carbocycles. The van der Waals surface area contributed by atoms with Gasteiger partial charge in [-0.1, -0.05) is 36.4 Å². The van der Waals surface area contributed by atoms with Crippen molar-refractivity contribution in [3.05, 3.63) is 52.1 Å². The highest BCUT2D eigenvalue weighted by Gasteiger charge is 2.42. The van der Waals surface area contributed by atoms with Gasteiger partial charge in [0.25, 0.3) is 5.54 Å². The molecule has 18 heavy (non-hydrogen) atoms. The van der Waals surface area contributed by atoms with Gasteiger partial charge in [-0.2, -0.15) is 0 Å². The molecule has 0 spiro atoms. The molecule has 1 aromatic rings. The zero-order chi connectivity index (χ0) is 13.0. The molecule has 1 heterocycles. The Bertz CT molecular complexity index is 436. The van der Waals surface area contributed by atoms with Crippen LogP contribution in [0.3, 0.4) is 0 Å². The fraction of sp³-hybridized carbons (Fsp3) is 0.385. The van der Waals surface area contributed by atoms with E-state index in [1.165, 1.54) is 6.92 Å². The maximum atomic E-state index is 10.8. The first kappa shape index (κ1) is 12.7. The van der Waals surface area contributed by atoms with Crippen LogP contribution in [0, 0.1) is 10.1 Å². The summed E-state index contributed by atoms with van der Waals surface area (Å²) in [5.41, 5.74) is -0.107. The third-order valence-electron chi connectivity index (χ3n) is 2.80. The van der Waals surface area contributed by atoms with Gasteiger partial charge < -0.3 is 9.47 Å². The smallest absolute Gasteiger partial charge is 0.265 e. The van der Waals surface area contributed by atoms with Crippen molar-refractivity contribution >= 4 is 6.08 Å². The minimum atomic E-state index is -1.14. The number of rotatable bonds is 3. The Labute approximate surface area is 105 Å². The van der Waals surface area contributed by atoms with Gasteiger partial charge in [-0.15, -0.1) is 0 Å². The van der Waals surface area contributed by atoms with Crippen LogP contribution >= 0.6 is 0 Å². The molecule has 0 amide bonds. The van der Waals surface area contributed by atoms with Crippen LogP contribution in [0.5, 0.6) is 0 Å². The van der Waals surface area contributed by atoms with E-state index in [1.54, 1.807) is 6.08 Å². The van der Waals surface area contributed by atoms with Gasteiger partial charge >= 0.3 is 0 Å². The molecule has 0 atom stereocenters. The highest BCUT2D eigenvalue weighted by Crippen LogP contribution is 2.19. The highest BCUT2D eigenvalue weighted by atomic mass is 16.7. The summed E-state index contributed by atoms with van der Waals surface area (Å²) >= 11 is 0. The summed E-state index contributed by atoms with van der Waals surface area (Å²) in [6, 6.07) is 9.73. The number of ether oxygens (including phenoxy) is 2. The Hall–Kier alpha value is -1.72. The van der Waals surface area contributed by atoms with Gasteiger partial charge in [0.05, 0.1) is 0 Å². The number of hydrogen-bond donors (Lipinski definition) is 0. The first-order valence-electron chi connectivity index (χ1n) is 5.71. The lowest BCUT2D eigenvalue weighted by Crippen LogP contribution is -2.50. The van der Waals surface area contributed by atoms with Gasteiger partial charge in [0.15, 0.2) is 6.29 Å². The Kier molecular flexibility index (Phi) is 3.74. The Balaban J connectivity index is 1.91. The van der Waals surface area contributed by atoms with E-state index in [2.05, 4.69) is 0 Å². The number of benzene rings is 1. The Morgan fingerprint density at radius 3 is 2.50 bits per heavy atom. The van der Waals surface area contributed by atoms with Crippen molar-refractivity contribution in [1.29, 1.82) is 0 Å². The van der Waals surface area contributed by atoms with E-state index in [-0.39, 0.29) is 18.1 Å². The second-order valence-electron chi connectivity index (χ2n) is 4.51. The number of nitrogens with zero attached hydrogens (tertiary/aromatic N) is 1. The van der Waals surface area contributed by atoms with E-state index in [1.807, 2.05) is 36.4 Å². The molecular weight excluding hydrogens is 234 g/mol. The van der Waals surface area contributed by atoms with E-state index in [0.29, 0.717) is 0 Å². The number of hydrogen-bond acceptors (Lipinski definition) is 4. The summed E-state index contributed by atoms with van der Waals surface area (Å²) < 4.78 is 10.7. The molecule has 5 nitrogen and oxygen atoms in total. The zero-order valence-corrected chi connectivity index (χ0v) is 10.1. The first-order valence-corrected chi connectivity index (χ1v) is 5.71. The molecule has 0 aliphatic carbocycles. The van der Waals surface area contributed by atoms with Gasteiger partial charge in [0.1, 0.15) is 13.2 Å². The van der Waals surface area contributed by atoms with Crippen LogP contribution in [0.1, 0.15) is 12.5 Å². The molecule has 96 valence electrons. The van der Waals surface area contributed by atoms with Gasteiger partial charge in [0.2, 0.25) is 0 Å². The van der Waals surface area contributed by atoms with Crippen molar-refractivity contribution in [3.63, 3.8) is 0 Å². The Morgan fingerprint density at radius 1 is 1.33 bits per heavy atom. The minimum absolute atomic E-state index is 0.0593. The average molecular weight is 249 g/mol. The summed E-state index contributed by atoms with van der Waals surface area (Å²) in [6.45, 7) is 1.64. The monoisotopic (exact) mass is 249 g/mol. The zero-order valence-electron chi connectivity index (χ0n) is 10.1. The van der Waals surface area contributed by atoms with E-state index in [9.17, 15) is 10.1 Å². The van der Waals surface area contributed by atoms with Crippen LogP contribution in [0.25, 0.3) is 6.08 Å². The molecule has 5 heteroatoms. The minimum Gasteiger partial charge on any atom is -0.341 e. The number of nitro groups is 1. The molecule has 1 aliphatic rings. The summed E-state index contributed by atoms with van der Waals surface area (Å²) in [5, 5.41) is 10.8. The van der Waals surface area contributed by atoms with Gasteiger partial charge in [-0.3, -0.25) is 10.1 Å². The van der Waals surface area contributed by atoms with Crippen molar-refractivity contribution < 1.29 is 14.4 Å². The molecule has 0 radical (unpaired) electrons. The average Bonchev–Trinajstić information content (AvgIpc) is 2.39. The van der Waals surface area contributed by atoms with Gasteiger partial charge in [-0.25, -0.2) is 0 Å². The molecular formula is C13H15NO4. The summed E-state index contributed by atoms with van der Waals surface area (Å²) in [4.78, 5) is 10.4. The maximum absolute atomic E-state index is 10.8. The van der Waals surface area contributed by atoms with E-state index in [4.69, 9.17) is 9.47 Å². The third-order valence-corrected chi connectivity index (χ3v) is 2.80. The normalized spacial score (nSPS) is 28.4. The maximum Gasteiger partial charge on any atom is 0.265 e. The van der Waals surface area contributed by atoms with E-state index < -0.39 is 11.8 Å². The molecule has 0 aromatic heterocycles. The molecule has 0 bridgehead atoms. The highest BCUT2D eigenvalue weighted by molar-refractivity contribution is 5.48. The van der Waals surface area contributed by atoms with Gasteiger partial charge in [0, 0.05) is 11.8 Å². The predicted molar refractivity (Wildman–Crippen MR) is 66.6 cm³/mol. The van der Waals surface area contributed by atoms with Crippen molar-refractivity contribution in [3.8, 4) is 0 Å². The van der Waals surface area contributed by atoms with E-state index >= 15 is 0 Å². The van der Waals surface area contributed by atoms with Crippen molar-refractivity contribution in [2.75, 3.05) is 13.2 Å². The van der Waals surface area contributed by atoms with Crippen LogP contribution in [0.15, 0.2) is 36.4 Å². The second kappa shape index (κ2) is 5.29. The largest absolute Gasteiger partial charge is 0.341 e. The van der Waals surface area contributed by atoms with E-state index in [0.717, 1.165) is 5.56 Å². The fourth-order valence-corrected chi connectivity index (χ4v) is 1.58. The summed E-state index contributed by atoms with van der Waals surface area (Å²) in [6.07, 6.45) is 3.12. The lowest BCUT2D eigenvalue weighted by atomic mass is 10.1. The standard InChI is InChI=1S/C13H15NO4/c1-13(14(15)16)9-17-12(18-10-13)8-7-11-5-3-2-4-6-11/h2-8,12H,9-10H2,1H3/b8-7+. The predicted octanol–water partition coefficient (Wildman–Crippen LogP) is 2.11. The lowest BCUT2D eigenvalue weighted by Gasteiger charge is -2.29. The molecule has 1 aliphatic heterocycles. The van der Waals surface area contributed by atoms with Crippen molar-refractivity contribution in [2.24, 2.45) is 0 Å². The van der Waals surface area contributed by atoms with Crippen LogP contribution in [-0.4, -0.2) is 30.0 Å². The molecule has 2 rings (SSSR count). The van der Waals surface area contributed by atoms with Gasteiger partial charge in [-0.05, 0) is 11.6 Å². The van der Waals surface area contributed by atoms with Crippen molar-refractivity contribution in [1.82, 2.24) is 0 Å². The molecule has 0 unspecified atom stereocenters. The van der Waals surface area contributed by atoms with Crippen LogP contribution in [-0.2, 0) is 9.47 Å². The molecule has 1 saturated heterocycles. The lowest BCUT2D eigenvalue weighted by molar-refractivity contribution is -0.585. The van der Waals surface area contributed by atoms with Crippen LogP contribution in [0.4, 0.5) is 0 Å². The quantitative estimate of drug-likeness (QED) is 0.608. The Morgan fingerprint density at radius 2 is 1.94 bits per heavy atom. The molecule has 1 fully saturated rings. The first-order chi connectivity index (χ1) is 8.60. The van der Waals surface area contributed by atoms with Crippen LogP contribution < -0.4 is 0 Å². The second-order valence-corrected chi connectivity index (χ2v) is 4.51. The van der Waals surface area contributed by atoms with Crippen LogP contribution in [0.2, 0.25) is 0 Å². The summed E-state index contributed by atoms with van der Waals surface area (Å²) in [5.74, 6) is 0.